The van der Waals surface area contributed by atoms with Crippen LogP contribution in [0.2, 0.25) is 0 Å². The zero-order valence-electron chi connectivity index (χ0n) is 12.1. The fraction of sp³-hybridized carbons (Fsp3) is 0.133. The Bertz CT molecular complexity index is 789. The summed E-state index contributed by atoms with van der Waals surface area (Å²) in [5, 5.41) is 2.78. The highest BCUT2D eigenvalue weighted by Gasteiger charge is 2.14. The van der Waals surface area contributed by atoms with E-state index >= 15 is 0 Å². The van der Waals surface area contributed by atoms with Gasteiger partial charge in [-0.15, -0.1) is 0 Å². The molecule has 0 atom stereocenters. The quantitative estimate of drug-likeness (QED) is 0.759. The number of amides is 1. The van der Waals surface area contributed by atoms with Gasteiger partial charge in [0, 0.05) is 21.9 Å². The van der Waals surface area contributed by atoms with Gasteiger partial charge in [0.2, 0.25) is 10.0 Å². The molecule has 0 radical (unpaired) electrons. The van der Waals surface area contributed by atoms with Crippen LogP contribution in [0.5, 0.6) is 0 Å². The van der Waals surface area contributed by atoms with Gasteiger partial charge in [-0.1, -0.05) is 6.07 Å². The minimum absolute atomic E-state index is 0.287. The molecule has 22 heavy (non-hydrogen) atoms. The summed E-state index contributed by atoms with van der Waals surface area (Å²) in [7, 11) is -1.91. The Balaban J connectivity index is 2.22. The molecule has 1 N–H and O–H groups in total. The van der Waals surface area contributed by atoms with Gasteiger partial charge in [-0.25, -0.2) is 8.42 Å². The molecule has 0 saturated carbocycles. The van der Waals surface area contributed by atoms with Crippen molar-refractivity contribution in [3.05, 3.63) is 57.7 Å². The van der Waals surface area contributed by atoms with Crippen molar-refractivity contribution in [2.24, 2.45) is 0 Å². The van der Waals surface area contributed by atoms with E-state index in [9.17, 15) is 13.2 Å². The van der Waals surface area contributed by atoms with Crippen LogP contribution in [-0.2, 0) is 10.0 Å². The molecule has 0 unspecified atom stereocenters. The van der Waals surface area contributed by atoms with Gasteiger partial charge in [-0.3, -0.25) is 9.10 Å². The number of nitrogens with one attached hydrogen (secondary N) is 1. The van der Waals surface area contributed by atoms with Crippen LogP contribution in [-0.4, -0.2) is 27.6 Å². The monoisotopic (exact) mass is 430 g/mol. The van der Waals surface area contributed by atoms with E-state index in [0.717, 1.165) is 14.1 Å². The first-order valence-electron chi connectivity index (χ1n) is 6.38. The fourth-order valence-electron chi connectivity index (χ4n) is 1.77. The van der Waals surface area contributed by atoms with Crippen LogP contribution >= 0.6 is 22.6 Å². The highest BCUT2D eigenvalue weighted by Crippen LogP contribution is 2.18. The lowest BCUT2D eigenvalue weighted by molar-refractivity contribution is 0.102. The number of hydrogen-bond donors (Lipinski definition) is 1. The largest absolute Gasteiger partial charge is 0.322 e. The van der Waals surface area contributed by atoms with Gasteiger partial charge >= 0.3 is 0 Å². The third-order valence-electron chi connectivity index (χ3n) is 3.07. The van der Waals surface area contributed by atoms with E-state index in [1.807, 2.05) is 24.3 Å². The first-order valence-corrected chi connectivity index (χ1v) is 9.31. The summed E-state index contributed by atoms with van der Waals surface area (Å²) in [6, 6.07) is 13.9. The maximum atomic E-state index is 12.2. The van der Waals surface area contributed by atoms with E-state index in [2.05, 4.69) is 27.9 Å². The second kappa shape index (κ2) is 6.66. The second-order valence-corrected chi connectivity index (χ2v) is 8.00. The van der Waals surface area contributed by atoms with E-state index in [1.54, 1.807) is 24.3 Å². The minimum atomic E-state index is -3.36. The van der Waals surface area contributed by atoms with Crippen molar-refractivity contribution < 1.29 is 13.2 Å². The first kappa shape index (κ1) is 16.8. The van der Waals surface area contributed by atoms with Crippen molar-refractivity contribution >= 4 is 49.9 Å². The average Bonchev–Trinajstić information content (AvgIpc) is 2.48. The predicted octanol–water partition coefficient (Wildman–Crippen LogP) is 2.94. The topological polar surface area (TPSA) is 66.5 Å². The van der Waals surface area contributed by atoms with E-state index in [1.165, 1.54) is 7.05 Å². The van der Waals surface area contributed by atoms with Crippen LogP contribution in [0.15, 0.2) is 48.5 Å². The van der Waals surface area contributed by atoms with Gasteiger partial charge in [0.05, 0.1) is 11.9 Å². The molecule has 116 valence electrons. The lowest BCUT2D eigenvalue weighted by Gasteiger charge is -2.17. The van der Waals surface area contributed by atoms with Crippen molar-refractivity contribution in [2.75, 3.05) is 22.9 Å². The molecule has 7 heteroatoms. The normalized spacial score (nSPS) is 11.0. The fourth-order valence-corrected chi connectivity index (χ4v) is 2.63. The maximum absolute atomic E-state index is 12.2. The van der Waals surface area contributed by atoms with Crippen molar-refractivity contribution in [2.45, 2.75) is 0 Å². The van der Waals surface area contributed by atoms with Gasteiger partial charge < -0.3 is 5.32 Å². The molecule has 0 aromatic heterocycles. The number of carbonyl (C=O) groups excluding carboxylic acids is 1. The van der Waals surface area contributed by atoms with Crippen molar-refractivity contribution in [1.82, 2.24) is 0 Å². The molecule has 1 amide bonds. The molecule has 2 rings (SSSR count). The Morgan fingerprint density at radius 1 is 1.14 bits per heavy atom. The van der Waals surface area contributed by atoms with Crippen molar-refractivity contribution in [3.63, 3.8) is 0 Å². The molecular weight excluding hydrogens is 415 g/mol. The van der Waals surface area contributed by atoms with Gasteiger partial charge in [-0.05, 0) is 65.1 Å². The zero-order chi connectivity index (χ0) is 16.3. The number of benzene rings is 2. The third-order valence-corrected chi connectivity index (χ3v) is 5.00. The van der Waals surface area contributed by atoms with Crippen LogP contribution in [0.25, 0.3) is 0 Å². The molecule has 0 aliphatic rings. The van der Waals surface area contributed by atoms with Gasteiger partial charge in [0.25, 0.3) is 5.91 Å². The van der Waals surface area contributed by atoms with Crippen molar-refractivity contribution in [1.29, 1.82) is 0 Å². The van der Waals surface area contributed by atoms with E-state index < -0.39 is 10.0 Å². The van der Waals surface area contributed by atoms with E-state index in [4.69, 9.17) is 0 Å². The summed E-state index contributed by atoms with van der Waals surface area (Å²) in [5.41, 5.74) is 1.52. The van der Waals surface area contributed by atoms with Gasteiger partial charge in [0.15, 0.2) is 0 Å². The Hall–Kier alpha value is -1.61. The zero-order valence-corrected chi connectivity index (χ0v) is 15.1. The number of carbonyl (C=O) groups is 1. The van der Waals surface area contributed by atoms with Crippen LogP contribution in [0.3, 0.4) is 0 Å². The highest BCUT2D eigenvalue weighted by atomic mass is 127. The number of hydrogen-bond acceptors (Lipinski definition) is 3. The third kappa shape index (κ3) is 4.20. The number of sulfonamides is 1. The van der Waals surface area contributed by atoms with Gasteiger partial charge in [0.1, 0.15) is 0 Å². The van der Waals surface area contributed by atoms with Crippen LogP contribution in [0, 0.1) is 3.57 Å². The molecule has 0 fully saturated rings. The summed E-state index contributed by atoms with van der Waals surface area (Å²) >= 11 is 2.19. The Morgan fingerprint density at radius 3 is 2.36 bits per heavy atom. The Kier molecular flexibility index (Phi) is 5.07. The van der Waals surface area contributed by atoms with Crippen LogP contribution < -0.4 is 9.62 Å². The Morgan fingerprint density at radius 2 is 1.77 bits per heavy atom. The standard InChI is InChI=1S/C15H15IN2O3S/c1-18(22(2,20)21)14-5-3-4-11(10-14)15(19)17-13-8-6-12(16)7-9-13/h3-10H,1-2H3,(H,17,19). The second-order valence-electron chi connectivity index (χ2n) is 4.74. The molecule has 0 aliphatic heterocycles. The molecule has 5 nitrogen and oxygen atoms in total. The number of rotatable bonds is 4. The molecule has 0 saturated heterocycles. The molecule has 0 aliphatic carbocycles. The molecule has 2 aromatic carbocycles. The van der Waals surface area contributed by atoms with E-state index in [0.29, 0.717) is 16.9 Å². The minimum Gasteiger partial charge on any atom is -0.322 e. The Labute approximate surface area is 143 Å². The average molecular weight is 430 g/mol. The molecule has 0 bridgehead atoms. The number of nitrogens with zero attached hydrogens (tertiary/aromatic N) is 1. The molecular formula is C15H15IN2O3S. The molecule has 2 aromatic rings. The lowest BCUT2D eigenvalue weighted by Crippen LogP contribution is -2.25. The summed E-state index contributed by atoms with van der Waals surface area (Å²) in [4.78, 5) is 12.2. The molecule has 0 heterocycles. The summed E-state index contributed by atoms with van der Waals surface area (Å²) < 4.78 is 25.3. The van der Waals surface area contributed by atoms with E-state index in [-0.39, 0.29) is 5.91 Å². The number of anilines is 2. The van der Waals surface area contributed by atoms with Gasteiger partial charge in [-0.2, -0.15) is 0 Å². The first-order chi connectivity index (χ1) is 10.3. The summed E-state index contributed by atoms with van der Waals surface area (Å²) in [5.74, 6) is -0.287. The lowest BCUT2D eigenvalue weighted by atomic mass is 10.2. The smallest absolute Gasteiger partial charge is 0.255 e. The maximum Gasteiger partial charge on any atom is 0.255 e. The van der Waals surface area contributed by atoms with Crippen molar-refractivity contribution in [3.8, 4) is 0 Å². The highest BCUT2D eigenvalue weighted by molar-refractivity contribution is 14.1. The number of halogens is 1. The summed E-state index contributed by atoms with van der Waals surface area (Å²) in [6.45, 7) is 0. The summed E-state index contributed by atoms with van der Waals surface area (Å²) in [6.07, 6.45) is 1.12. The predicted molar refractivity (Wildman–Crippen MR) is 96.8 cm³/mol. The van der Waals surface area contributed by atoms with Crippen LogP contribution in [0.4, 0.5) is 11.4 Å². The molecule has 0 spiro atoms. The SMILES string of the molecule is CN(c1cccc(C(=O)Nc2ccc(I)cc2)c1)S(C)(=O)=O. The van der Waals surface area contributed by atoms with Crippen LogP contribution in [0.1, 0.15) is 10.4 Å².